The summed E-state index contributed by atoms with van der Waals surface area (Å²) in [6, 6.07) is 5.92. The second-order valence-corrected chi connectivity index (χ2v) is 4.01. The lowest BCUT2D eigenvalue weighted by atomic mass is 10.3. The predicted octanol–water partition coefficient (Wildman–Crippen LogP) is 3.20. The van der Waals surface area contributed by atoms with Crippen LogP contribution < -0.4 is 9.47 Å². The minimum absolute atomic E-state index is 0.164. The Morgan fingerprint density at radius 3 is 2.50 bits per heavy atom. The summed E-state index contributed by atoms with van der Waals surface area (Å²) in [4.78, 5) is 1.11. The molecule has 0 aliphatic heterocycles. The zero-order chi connectivity index (χ0) is 10.6. The number of ether oxygens (including phenoxy) is 2. The molecule has 78 valence electrons. The number of benzene rings is 1. The molecule has 0 aliphatic carbocycles. The highest BCUT2D eigenvalue weighted by molar-refractivity contribution is 7.98. The van der Waals surface area contributed by atoms with Gasteiger partial charge in [-0.25, -0.2) is 0 Å². The smallest absolute Gasteiger partial charge is 0.175 e. The van der Waals surface area contributed by atoms with Crippen LogP contribution in [0.5, 0.6) is 11.5 Å². The van der Waals surface area contributed by atoms with E-state index in [1.54, 1.807) is 18.9 Å². The van der Waals surface area contributed by atoms with E-state index in [1.807, 2.05) is 38.3 Å². The van der Waals surface area contributed by atoms with E-state index in [9.17, 15) is 0 Å². The van der Waals surface area contributed by atoms with Crippen LogP contribution in [0.25, 0.3) is 0 Å². The van der Waals surface area contributed by atoms with Crippen LogP contribution >= 0.6 is 11.8 Å². The highest BCUT2D eigenvalue weighted by atomic mass is 32.2. The summed E-state index contributed by atoms with van der Waals surface area (Å²) in [6.07, 6.45) is 2.19. The molecular formula is C11H16O2S. The average Bonchev–Trinajstić information content (AvgIpc) is 2.17. The van der Waals surface area contributed by atoms with Gasteiger partial charge in [0.1, 0.15) is 0 Å². The largest absolute Gasteiger partial charge is 0.493 e. The van der Waals surface area contributed by atoms with E-state index in [0.717, 1.165) is 16.4 Å². The highest BCUT2D eigenvalue weighted by Gasteiger charge is 2.10. The molecule has 0 bridgehead atoms. The SMILES string of the molecule is COc1cccc(SC)c1OC(C)C. The first-order valence-electron chi connectivity index (χ1n) is 4.56. The maximum absolute atomic E-state index is 5.71. The standard InChI is InChI=1S/C11H16O2S/c1-8(2)13-11-9(12-3)6-5-7-10(11)14-4/h5-8H,1-4H3. The van der Waals surface area contributed by atoms with Gasteiger partial charge >= 0.3 is 0 Å². The summed E-state index contributed by atoms with van der Waals surface area (Å²) in [6.45, 7) is 4.02. The van der Waals surface area contributed by atoms with Gasteiger partial charge in [0.15, 0.2) is 11.5 Å². The number of para-hydroxylation sites is 1. The van der Waals surface area contributed by atoms with Crippen LogP contribution in [0.1, 0.15) is 13.8 Å². The van der Waals surface area contributed by atoms with Crippen molar-refractivity contribution in [1.29, 1.82) is 0 Å². The van der Waals surface area contributed by atoms with Crippen LogP contribution in [0.4, 0.5) is 0 Å². The average molecular weight is 212 g/mol. The second-order valence-electron chi connectivity index (χ2n) is 3.16. The lowest BCUT2D eigenvalue weighted by Crippen LogP contribution is -2.07. The van der Waals surface area contributed by atoms with Crippen molar-refractivity contribution in [2.24, 2.45) is 0 Å². The first-order chi connectivity index (χ1) is 6.69. The molecule has 14 heavy (non-hydrogen) atoms. The van der Waals surface area contributed by atoms with Gasteiger partial charge in [0.25, 0.3) is 0 Å². The minimum atomic E-state index is 0.164. The summed E-state index contributed by atoms with van der Waals surface area (Å²) in [5, 5.41) is 0. The number of rotatable bonds is 4. The van der Waals surface area contributed by atoms with E-state index >= 15 is 0 Å². The fourth-order valence-electron chi connectivity index (χ4n) is 1.17. The Morgan fingerprint density at radius 1 is 1.29 bits per heavy atom. The fraction of sp³-hybridized carbons (Fsp3) is 0.455. The highest BCUT2D eigenvalue weighted by Crippen LogP contribution is 2.36. The first kappa shape index (κ1) is 11.2. The van der Waals surface area contributed by atoms with Gasteiger partial charge < -0.3 is 9.47 Å². The molecule has 0 heterocycles. The van der Waals surface area contributed by atoms with Gasteiger partial charge in [0, 0.05) is 0 Å². The Labute approximate surface area is 89.6 Å². The maximum atomic E-state index is 5.71. The molecule has 1 rings (SSSR count). The number of hydrogen-bond donors (Lipinski definition) is 0. The molecule has 0 amide bonds. The van der Waals surface area contributed by atoms with Gasteiger partial charge in [-0.05, 0) is 32.2 Å². The topological polar surface area (TPSA) is 18.5 Å². The van der Waals surface area contributed by atoms with Crippen LogP contribution in [-0.2, 0) is 0 Å². The molecule has 0 atom stereocenters. The van der Waals surface area contributed by atoms with E-state index < -0.39 is 0 Å². The molecule has 0 aliphatic rings. The van der Waals surface area contributed by atoms with Gasteiger partial charge in [-0.1, -0.05) is 6.07 Å². The molecule has 0 N–H and O–H groups in total. The molecule has 0 saturated heterocycles. The van der Waals surface area contributed by atoms with Crippen LogP contribution in [-0.4, -0.2) is 19.5 Å². The molecule has 0 radical (unpaired) electrons. The van der Waals surface area contributed by atoms with Crippen LogP contribution in [0.15, 0.2) is 23.1 Å². The van der Waals surface area contributed by atoms with Gasteiger partial charge in [0.05, 0.1) is 18.1 Å². The zero-order valence-corrected chi connectivity index (χ0v) is 9.85. The van der Waals surface area contributed by atoms with E-state index in [-0.39, 0.29) is 6.10 Å². The number of thioether (sulfide) groups is 1. The molecule has 1 aromatic carbocycles. The summed E-state index contributed by atoms with van der Waals surface area (Å²) < 4.78 is 11.0. The molecular weight excluding hydrogens is 196 g/mol. The summed E-state index contributed by atoms with van der Waals surface area (Å²) >= 11 is 1.66. The van der Waals surface area contributed by atoms with Crippen molar-refractivity contribution in [3.63, 3.8) is 0 Å². The van der Waals surface area contributed by atoms with Crippen molar-refractivity contribution >= 4 is 11.8 Å². The Bertz CT molecular complexity index is 275. The van der Waals surface area contributed by atoms with Gasteiger partial charge in [-0.3, -0.25) is 0 Å². The molecule has 2 nitrogen and oxygen atoms in total. The maximum Gasteiger partial charge on any atom is 0.175 e. The van der Waals surface area contributed by atoms with E-state index in [1.165, 1.54) is 0 Å². The normalized spacial score (nSPS) is 10.4. The van der Waals surface area contributed by atoms with E-state index in [0.29, 0.717) is 0 Å². The second kappa shape index (κ2) is 5.15. The van der Waals surface area contributed by atoms with Gasteiger partial charge in [-0.2, -0.15) is 0 Å². The molecule has 3 heteroatoms. The number of hydrogen-bond acceptors (Lipinski definition) is 3. The third-order valence-corrected chi connectivity index (χ3v) is 2.50. The predicted molar refractivity (Wildman–Crippen MR) is 60.5 cm³/mol. The van der Waals surface area contributed by atoms with E-state index in [4.69, 9.17) is 9.47 Å². The van der Waals surface area contributed by atoms with Gasteiger partial charge in [-0.15, -0.1) is 11.8 Å². The lowest BCUT2D eigenvalue weighted by molar-refractivity contribution is 0.224. The molecule has 0 aromatic heterocycles. The molecule has 0 saturated carbocycles. The van der Waals surface area contributed by atoms with Crippen LogP contribution in [0.2, 0.25) is 0 Å². The molecule has 0 spiro atoms. The fourth-order valence-corrected chi connectivity index (χ4v) is 1.72. The van der Waals surface area contributed by atoms with Crippen molar-refractivity contribution < 1.29 is 9.47 Å². The van der Waals surface area contributed by atoms with Crippen molar-refractivity contribution in [2.75, 3.05) is 13.4 Å². The Hall–Kier alpha value is -0.830. The summed E-state index contributed by atoms with van der Waals surface area (Å²) in [7, 11) is 1.66. The van der Waals surface area contributed by atoms with Crippen molar-refractivity contribution in [2.45, 2.75) is 24.8 Å². The zero-order valence-electron chi connectivity index (χ0n) is 9.03. The Morgan fingerprint density at radius 2 is 2.00 bits per heavy atom. The first-order valence-corrected chi connectivity index (χ1v) is 5.79. The van der Waals surface area contributed by atoms with Crippen molar-refractivity contribution in [1.82, 2.24) is 0 Å². The monoisotopic (exact) mass is 212 g/mol. The van der Waals surface area contributed by atoms with Crippen molar-refractivity contribution in [3.8, 4) is 11.5 Å². The Kier molecular flexibility index (Phi) is 4.14. The number of methoxy groups -OCH3 is 1. The third-order valence-electron chi connectivity index (χ3n) is 1.74. The van der Waals surface area contributed by atoms with Crippen molar-refractivity contribution in [3.05, 3.63) is 18.2 Å². The summed E-state index contributed by atoms with van der Waals surface area (Å²) in [5.41, 5.74) is 0. The molecule has 1 aromatic rings. The minimum Gasteiger partial charge on any atom is -0.493 e. The lowest BCUT2D eigenvalue weighted by Gasteiger charge is -2.16. The molecule has 0 fully saturated rings. The van der Waals surface area contributed by atoms with E-state index in [2.05, 4.69) is 0 Å². The van der Waals surface area contributed by atoms with Crippen LogP contribution in [0.3, 0.4) is 0 Å². The quantitative estimate of drug-likeness (QED) is 0.714. The van der Waals surface area contributed by atoms with Crippen LogP contribution in [0, 0.1) is 0 Å². The summed E-state index contributed by atoms with van der Waals surface area (Å²) in [5.74, 6) is 1.64. The molecule has 0 unspecified atom stereocenters. The Balaban J connectivity index is 3.05. The van der Waals surface area contributed by atoms with Gasteiger partial charge in [0.2, 0.25) is 0 Å². The third kappa shape index (κ3) is 2.58.